The van der Waals surface area contributed by atoms with E-state index in [4.69, 9.17) is 0 Å². The van der Waals surface area contributed by atoms with Gasteiger partial charge in [0.2, 0.25) is 0 Å². The average Bonchev–Trinajstić information content (AvgIpc) is 3.77. The Labute approximate surface area is 311 Å². The lowest BCUT2D eigenvalue weighted by atomic mass is 9.70. The largest absolute Gasteiger partial charge is 0.310 e. The van der Waals surface area contributed by atoms with Crippen LogP contribution in [0.4, 0.5) is 17.1 Å². The molecular formula is C52H37N. The molecule has 11 rings (SSSR count). The van der Waals surface area contributed by atoms with Crippen molar-refractivity contribution in [2.45, 2.75) is 24.7 Å². The third-order valence-electron chi connectivity index (χ3n) is 12.3. The van der Waals surface area contributed by atoms with E-state index in [-0.39, 0.29) is 10.8 Å². The van der Waals surface area contributed by atoms with Crippen molar-refractivity contribution in [2.75, 3.05) is 4.90 Å². The standard InChI is InChI=1S/C52H37N/c1-51(2)45-23-10-6-20-42(45)44-22-14-21-38(50(44)51)34-27-29-36(30-28-34)53(35-15-4-3-5-16-35)37-31-32-43-41-19-9-13-26-48(41)52(49(43)33-37)46-24-11-7-17-39(46)40-18-8-12-25-47(40)52/h3-33H,1-2H3. The lowest BCUT2D eigenvalue weighted by Crippen LogP contribution is -2.26. The van der Waals surface area contributed by atoms with Crippen LogP contribution >= 0.6 is 0 Å². The van der Waals surface area contributed by atoms with Crippen molar-refractivity contribution in [2.24, 2.45) is 0 Å². The molecule has 3 aliphatic carbocycles. The molecule has 250 valence electrons. The van der Waals surface area contributed by atoms with Crippen LogP contribution in [0.25, 0.3) is 44.5 Å². The van der Waals surface area contributed by atoms with Crippen LogP contribution in [0.2, 0.25) is 0 Å². The molecule has 0 saturated heterocycles. The van der Waals surface area contributed by atoms with Gasteiger partial charge in [0.05, 0.1) is 5.41 Å². The number of anilines is 3. The number of benzene rings is 8. The molecule has 0 radical (unpaired) electrons. The van der Waals surface area contributed by atoms with E-state index >= 15 is 0 Å². The molecule has 3 aliphatic rings. The van der Waals surface area contributed by atoms with Gasteiger partial charge in [0.1, 0.15) is 0 Å². The van der Waals surface area contributed by atoms with Crippen molar-refractivity contribution >= 4 is 17.1 Å². The van der Waals surface area contributed by atoms with Crippen molar-refractivity contribution in [1.82, 2.24) is 0 Å². The van der Waals surface area contributed by atoms with Crippen LogP contribution < -0.4 is 4.90 Å². The van der Waals surface area contributed by atoms with Gasteiger partial charge in [-0.15, -0.1) is 0 Å². The Kier molecular flexibility index (Phi) is 6.29. The maximum absolute atomic E-state index is 2.47. The molecule has 0 unspecified atom stereocenters. The fourth-order valence-corrected chi connectivity index (χ4v) is 10.1. The molecule has 8 aromatic carbocycles. The van der Waals surface area contributed by atoms with Crippen LogP contribution in [0.15, 0.2) is 188 Å². The van der Waals surface area contributed by atoms with E-state index in [0.717, 1.165) is 17.1 Å². The highest BCUT2D eigenvalue weighted by atomic mass is 15.1. The number of fused-ring (bicyclic) bond motifs is 13. The summed E-state index contributed by atoms with van der Waals surface area (Å²) >= 11 is 0. The summed E-state index contributed by atoms with van der Waals surface area (Å²) < 4.78 is 0. The Hall–Kier alpha value is -6.44. The minimum atomic E-state index is -0.389. The zero-order valence-corrected chi connectivity index (χ0v) is 29.8. The lowest BCUT2D eigenvalue weighted by molar-refractivity contribution is 0.662. The van der Waals surface area contributed by atoms with Gasteiger partial charge in [-0.05, 0) is 114 Å². The maximum atomic E-state index is 2.47. The first-order chi connectivity index (χ1) is 26.1. The van der Waals surface area contributed by atoms with E-state index in [9.17, 15) is 0 Å². The molecule has 0 fully saturated rings. The first kappa shape index (κ1) is 30.2. The van der Waals surface area contributed by atoms with E-state index < -0.39 is 0 Å². The summed E-state index contributed by atoms with van der Waals surface area (Å²) in [5.41, 5.74) is 21.7. The molecule has 0 atom stereocenters. The SMILES string of the molecule is CC1(C)c2ccccc2-c2cccc(-c3ccc(N(c4ccccc4)c4ccc5c(c4)C4(c6ccccc6-c6ccccc64)c4ccccc4-5)cc3)c21. The van der Waals surface area contributed by atoms with Gasteiger partial charge < -0.3 is 4.90 Å². The first-order valence-corrected chi connectivity index (χ1v) is 18.7. The van der Waals surface area contributed by atoms with Gasteiger partial charge in [-0.3, -0.25) is 0 Å². The van der Waals surface area contributed by atoms with Crippen molar-refractivity contribution in [3.63, 3.8) is 0 Å². The normalized spacial score (nSPS) is 14.5. The van der Waals surface area contributed by atoms with E-state index in [1.807, 2.05) is 0 Å². The molecule has 8 aromatic rings. The van der Waals surface area contributed by atoms with Gasteiger partial charge in [-0.1, -0.05) is 166 Å². The van der Waals surface area contributed by atoms with E-state index in [0.29, 0.717) is 0 Å². The quantitative estimate of drug-likeness (QED) is 0.179. The molecule has 0 bridgehead atoms. The van der Waals surface area contributed by atoms with Gasteiger partial charge in [0, 0.05) is 22.5 Å². The third-order valence-corrected chi connectivity index (χ3v) is 12.3. The molecular weight excluding hydrogens is 639 g/mol. The minimum Gasteiger partial charge on any atom is -0.310 e. The predicted octanol–water partition coefficient (Wildman–Crippen LogP) is 13.5. The van der Waals surface area contributed by atoms with Crippen LogP contribution in [0.5, 0.6) is 0 Å². The number of hydrogen-bond donors (Lipinski definition) is 0. The summed E-state index contributed by atoms with van der Waals surface area (Å²) in [5, 5.41) is 0. The van der Waals surface area contributed by atoms with Crippen molar-refractivity contribution < 1.29 is 0 Å². The number of hydrogen-bond acceptors (Lipinski definition) is 1. The highest BCUT2D eigenvalue weighted by Gasteiger charge is 2.51. The second-order valence-corrected chi connectivity index (χ2v) is 15.2. The average molecular weight is 676 g/mol. The number of nitrogens with zero attached hydrogens (tertiary/aromatic N) is 1. The smallest absolute Gasteiger partial charge is 0.0726 e. The van der Waals surface area contributed by atoms with Crippen LogP contribution in [-0.4, -0.2) is 0 Å². The van der Waals surface area contributed by atoms with Crippen LogP contribution in [0.3, 0.4) is 0 Å². The van der Waals surface area contributed by atoms with Crippen LogP contribution in [0, 0.1) is 0 Å². The zero-order valence-electron chi connectivity index (χ0n) is 29.8. The van der Waals surface area contributed by atoms with E-state index in [1.54, 1.807) is 0 Å². The van der Waals surface area contributed by atoms with Crippen molar-refractivity contribution in [3.8, 4) is 44.5 Å². The summed E-state index contributed by atoms with van der Waals surface area (Å²) in [6.45, 7) is 4.74. The van der Waals surface area contributed by atoms with Gasteiger partial charge in [0.25, 0.3) is 0 Å². The number of para-hydroxylation sites is 1. The van der Waals surface area contributed by atoms with E-state index in [1.165, 1.54) is 77.9 Å². The molecule has 0 N–H and O–H groups in total. The summed E-state index contributed by atoms with van der Waals surface area (Å²) in [5.74, 6) is 0. The highest BCUT2D eigenvalue weighted by molar-refractivity contribution is 5.96. The molecule has 0 heterocycles. The van der Waals surface area contributed by atoms with Gasteiger partial charge in [0.15, 0.2) is 0 Å². The minimum absolute atomic E-state index is 0.0767. The molecule has 1 spiro atoms. The Balaban J connectivity index is 1.09. The second-order valence-electron chi connectivity index (χ2n) is 15.2. The summed E-state index contributed by atoms with van der Waals surface area (Å²) in [6, 6.07) is 70.0. The Morgan fingerprint density at radius 2 is 0.755 bits per heavy atom. The maximum Gasteiger partial charge on any atom is 0.0726 e. The van der Waals surface area contributed by atoms with Gasteiger partial charge in [-0.25, -0.2) is 0 Å². The van der Waals surface area contributed by atoms with Crippen molar-refractivity contribution in [3.05, 3.63) is 221 Å². The van der Waals surface area contributed by atoms with Gasteiger partial charge >= 0.3 is 0 Å². The van der Waals surface area contributed by atoms with Crippen LogP contribution in [-0.2, 0) is 10.8 Å². The molecule has 0 aliphatic heterocycles. The lowest BCUT2D eigenvalue weighted by Gasteiger charge is -2.32. The zero-order chi connectivity index (χ0) is 35.3. The number of rotatable bonds is 4. The topological polar surface area (TPSA) is 3.24 Å². The molecule has 1 nitrogen and oxygen atoms in total. The highest BCUT2D eigenvalue weighted by Crippen LogP contribution is 2.63. The monoisotopic (exact) mass is 675 g/mol. The Morgan fingerprint density at radius 3 is 1.36 bits per heavy atom. The van der Waals surface area contributed by atoms with Crippen molar-refractivity contribution in [1.29, 1.82) is 0 Å². The Bertz CT molecular complexity index is 2690. The summed E-state index contributed by atoms with van der Waals surface area (Å²) in [4.78, 5) is 2.42. The van der Waals surface area contributed by atoms with Gasteiger partial charge in [-0.2, -0.15) is 0 Å². The Morgan fingerprint density at radius 1 is 0.321 bits per heavy atom. The fraction of sp³-hybridized carbons (Fsp3) is 0.0769. The fourth-order valence-electron chi connectivity index (χ4n) is 10.1. The molecule has 0 amide bonds. The molecule has 53 heavy (non-hydrogen) atoms. The predicted molar refractivity (Wildman–Crippen MR) is 220 cm³/mol. The second kappa shape index (κ2) is 11.0. The third kappa shape index (κ3) is 4.02. The van der Waals surface area contributed by atoms with Crippen LogP contribution in [0.1, 0.15) is 47.2 Å². The summed E-state index contributed by atoms with van der Waals surface area (Å²) in [6.07, 6.45) is 0. The molecule has 0 aromatic heterocycles. The molecule has 1 heteroatoms. The molecule has 0 saturated carbocycles. The van der Waals surface area contributed by atoms with E-state index in [2.05, 4.69) is 207 Å². The first-order valence-electron chi connectivity index (χ1n) is 18.7. The summed E-state index contributed by atoms with van der Waals surface area (Å²) in [7, 11) is 0.